The lowest BCUT2D eigenvalue weighted by atomic mass is 10.2. The van der Waals surface area contributed by atoms with Crippen LogP contribution in [0.4, 0.5) is 5.69 Å². The van der Waals surface area contributed by atoms with Crippen LogP contribution in [0.1, 0.15) is 5.56 Å². The largest absolute Gasteiger partial charge is 0.493 e. The molecule has 1 amide bonds. The van der Waals surface area contributed by atoms with Gasteiger partial charge in [-0.05, 0) is 24.3 Å². The molecular formula is C18H22BrN2O3+. The summed E-state index contributed by atoms with van der Waals surface area (Å²) in [6, 6.07) is 13.4. The number of ether oxygens (including phenoxy) is 2. The number of amides is 1. The third-order valence-electron chi connectivity index (χ3n) is 3.55. The van der Waals surface area contributed by atoms with Crippen molar-refractivity contribution in [2.24, 2.45) is 0 Å². The van der Waals surface area contributed by atoms with Gasteiger partial charge >= 0.3 is 0 Å². The van der Waals surface area contributed by atoms with E-state index in [1.165, 1.54) is 5.56 Å². The van der Waals surface area contributed by atoms with Gasteiger partial charge in [-0.25, -0.2) is 0 Å². The van der Waals surface area contributed by atoms with Crippen LogP contribution in [0.5, 0.6) is 11.5 Å². The quantitative estimate of drug-likeness (QED) is 0.757. The topological polar surface area (TPSA) is 52.0 Å². The predicted molar refractivity (Wildman–Crippen MR) is 97.8 cm³/mol. The van der Waals surface area contributed by atoms with E-state index in [4.69, 9.17) is 9.47 Å². The zero-order valence-corrected chi connectivity index (χ0v) is 15.6. The molecule has 2 aromatic rings. The van der Waals surface area contributed by atoms with Crippen molar-refractivity contribution in [3.8, 4) is 11.5 Å². The van der Waals surface area contributed by atoms with Crippen LogP contribution in [0, 0.1) is 0 Å². The Morgan fingerprint density at radius 1 is 1.08 bits per heavy atom. The molecule has 0 aromatic heterocycles. The van der Waals surface area contributed by atoms with Gasteiger partial charge in [-0.3, -0.25) is 4.79 Å². The number of rotatable bonds is 7. The van der Waals surface area contributed by atoms with Gasteiger partial charge in [-0.2, -0.15) is 0 Å². The molecule has 0 saturated carbocycles. The number of carbonyl (C=O) groups excluding carboxylic acids is 1. The summed E-state index contributed by atoms with van der Waals surface area (Å²) in [5.74, 6) is 1.18. The average molecular weight is 394 g/mol. The molecule has 0 spiro atoms. The van der Waals surface area contributed by atoms with E-state index in [9.17, 15) is 4.79 Å². The molecule has 0 aliphatic carbocycles. The lowest BCUT2D eigenvalue weighted by Gasteiger charge is -2.15. The van der Waals surface area contributed by atoms with Gasteiger partial charge in [-0.15, -0.1) is 0 Å². The minimum atomic E-state index is -0.0446. The van der Waals surface area contributed by atoms with Gasteiger partial charge in [0.25, 0.3) is 5.91 Å². The van der Waals surface area contributed by atoms with Crippen molar-refractivity contribution in [3.05, 3.63) is 52.5 Å². The number of likely N-dealkylation sites (N-methyl/N-ethyl adjacent to an activating group) is 1. The molecule has 5 nitrogen and oxygen atoms in total. The van der Waals surface area contributed by atoms with Crippen LogP contribution >= 0.6 is 15.9 Å². The summed E-state index contributed by atoms with van der Waals surface area (Å²) in [5.41, 5.74) is 1.88. The Morgan fingerprint density at radius 3 is 2.38 bits per heavy atom. The summed E-state index contributed by atoms with van der Waals surface area (Å²) < 4.78 is 11.5. The van der Waals surface area contributed by atoms with Gasteiger partial charge in [0, 0.05) is 21.8 Å². The van der Waals surface area contributed by atoms with E-state index in [1.54, 1.807) is 32.4 Å². The van der Waals surface area contributed by atoms with Crippen molar-refractivity contribution in [2.75, 3.05) is 33.1 Å². The van der Waals surface area contributed by atoms with Gasteiger partial charge in [0.15, 0.2) is 18.0 Å². The second kappa shape index (κ2) is 8.70. The second-order valence-electron chi connectivity index (χ2n) is 5.56. The highest BCUT2D eigenvalue weighted by Crippen LogP contribution is 2.29. The predicted octanol–water partition coefficient (Wildman–Crippen LogP) is 2.12. The lowest BCUT2D eigenvalue weighted by molar-refractivity contribution is -0.885. The number of methoxy groups -OCH3 is 2. The first-order chi connectivity index (χ1) is 11.5. The maximum absolute atomic E-state index is 12.2. The second-order valence-corrected chi connectivity index (χ2v) is 6.47. The molecule has 0 aliphatic heterocycles. The van der Waals surface area contributed by atoms with Gasteiger partial charge in [-0.1, -0.05) is 28.1 Å². The molecule has 0 radical (unpaired) electrons. The summed E-state index contributed by atoms with van der Waals surface area (Å²) in [7, 11) is 5.15. The van der Waals surface area contributed by atoms with Crippen molar-refractivity contribution in [1.29, 1.82) is 0 Å². The van der Waals surface area contributed by atoms with Crippen LogP contribution in [0.3, 0.4) is 0 Å². The molecule has 1 unspecified atom stereocenters. The molecule has 2 aromatic carbocycles. The Balaban J connectivity index is 1.91. The zero-order chi connectivity index (χ0) is 17.5. The van der Waals surface area contributed by atoms with Gasteiger partial charge in [0.05, 0.1) is 21.3 Å². The molecule has 0 heterocycles. The fourth-order valence-electron chi connectivity index (χ4n) is 2.41. The standard InChI is InChI=1S/C18H21BrN2O3/c1-21(11-13-4-6-14(19)7-5-13)12-18(22)20-15-8-9-16(23-2)17(10-15)24-3/h4-10H,11-12H2,1-3H3,(H,20,22)/p+1. The molecule has 0 saturated heterocycles. The number of hydrogen-bond acceptors (Lipinski definition) is 3. The third-order valence-corrected chi connectivity index (χ3v) is 4.08. The highest BCUT2D eigenvalue weighted by molar-refractivity contribution is 9.10. The number of nitrogens with one attached hydrogen (secondary N) is 2. The van der Waals surface area contributed by atoms with E-state index in [-0.39, 0.29) is 5.91 Å². The van der Waals surface area contributed by atoms with Gasteiger partial charge < -0.3 is 19.7 Å². The average Bonchev–Trinajstić information content (AvgIpc) is 2.56. The lowest BCUT2D eigenvalue weighted by Crippen LogP contribution is -3.08. The molecular weight excluding hydrogens is 372 g/mol. The highest BCUT2D eigenvalue weighted by atomic mass is 79.9. The molecule has 24 heavy (non-hydrogen) atoms. The number of halogens is 1. The fourth-order valence-corrected chi connectivity index (χ4v) is 2.67. The van der Waals surface area contributed by atoms with E-state index in [0.717, 1.165) is 15.9 Å². The zero-order valence-electron chi connectivity index (χ0n) is 14.1. The van der Waals surface area contributed by atoms with Crippen molar-refractivity contribution in [3.63, 3.8) is 0 Å². The maximum atomic E-state index is 12.2. The van der Waals surface area contributed by atoms with Gasteiger partial charge in [0.1, 0.15) is 6.54 Å². The minimum absolute atomic E-state index is 0.0446. The van der Waals surface area contributed by atoms with Crippen LogP contribution in [-0.2, 0) is 11.3 Å². The number of hydrogen-bond donors (Lipinski definition) is 2. The smallest absolute Gasteiger partial charge is 0.279 e. The maximum Gasteiger partial charge on any atom is 0.279 e. The van der Waals surface area contributed by atoms with Gasteiger partial charge in [0.2, 0.25) is 0 Å². The summed E-state index contributed by atoms with van der Waals surface area (Å²) in [6.45, 7) is 1.16. The summed E-state index contributed by atoms with van der Waals surface area (Å²) >= 11 is 3.42. The highest BCUT2D eigenvalue weighted by Gasteiger charge is 2.12. The minimum Gasteiger partial charge on any atom is -0.493 e. The molecule has 0 bridgehead atoms. The number of carbonyl (C=O) groups is 1. The summed E-state index contributed by atoms with van der Waals surface area (Å²) in [4.78, 5) is 13.3. The van der Waals surface area contributed by atoms with Crippen molar-refractivity contribution < 1.29 is 19.2 Å². The number of quaternary nitrogens is 1. The molecule has 128 valence electrons. The third kappa shape index (κ3) is 5.25. The molecule has 0 aliphatic rings. The van der Waals surface area contributed by atoms with E-state index in [2.05, 4.69) is 33.4 Å². The van der Waals surface area contributed by atoms with Crippen LogP contribution in [0.2, 0.25) is 0 Å². The molecule has 2 rings (SSSR count). The number of benzene rings is 2. The Kier molecular flexibility index (Phi) is 6.63. The number of anilines is 1. The summed E-state index contributed by atoms with van der Waals surface area (Å²) in [5, 5.41) is 2.89. The summed E-state index contributed by atoms with van der Waals surface area (Å²) in [6.07, 6.45) is 0. The normalized spacial score (nSPS) is 11.7. The molecule has 1 atom stereocenters. The molecule has 6 heteroatoms. The SMILES string of the molecule is COc1ccc(NC(=O)C[NH+](C)Cc2ccc(Br)cc2)cc1OC. The van der Waals surface area contributed by atoms with E-state index >= 15 is 0 Å². The van der Waals surface area contributed by atoms with E-state index in [1.807, 2.05) is 19.2 Å². The Morgan fingerprint density at radius 2 is 1.75 bits per heavy atom. The van der Waals surface area contributed by atoms with Crippen molar-refractivity contribution >= 4 is 27.5 Å². The first kappa shape index (κ1) is 18.3. The Bertz CT molecular complexity index is 689. The first-order valence-electron chi connectivity index (χ1n) is 7.59. The van der Waals surface area contributed by atoms with Crippen molar-refractivity contribution in [2.45, 2.75) is 6.54 Å². The Hall–Kier alpha value is -2.05. The van der Waals surface area contributed by atoms with E-state index in [0.29, 0.717) is 23.7 Å². The van der Waals surface area contributed by atoms with Crippen LogP contribution in [0.25, 0.3) is 0 Å². The molecule has 0 fully saturated rings. The van der Waals surface area contributed by atoms with E-state index < -0.39 is 0 Å². The molecule has 2 N–H and O–H groups in total. The van der Waals surface area contributed by atoms with Crippen LogP contribution < -0.4 is 19.7 Å². The van der Waals surface area contributed by atoms with Crippen LogP contribution in [-0.4, -0.2) is 33.7 Å². The Labute approximate surface area is 150 Å². The van der Waals surface area contributed by atoms with Crippen molar-refractivity contribution in [1.82, 2.24) is 0 Å². The fraction of sp³-hybridized carbons (Fsp3) is 0.278. The van der Waals surface area contributed by atoms with Crippen LogP contribution in [0.15, 0.2) is 46.9 Å². The first-order valence-corrected chi connectivity index (χ1v) is 8.38. The monoisotopic (exact) mass is 393 g/mol.